The molecule has 0 radical (unpaired) electrons. The second-order valence-electron chi connectivity index (χ2n) is 7.14. The van der Waals surface area contributed by atoms with Crippen LogP contribution < -0.4 is 19.7 Å². The highest BCUT2D eigenvalue weighted by atomic mass is 16.5. The van der Waals surface area contributed by atoms with E-state index < -0.39 is 0 Å². The summed E-state index contributed by atoms with van der Waals surface area (Å²) in [6.07, 6.45) is 1.52. The molecule has 1 N–H and O–H groups in total. The standard InChI is InChI=1S/C22H23N5O5/c1-29-17-6-5-15(12-19(17)30-2)24-20(28)14-26-7-9-27(10-8-26)22-16(13-23)25-21(32-22)18-4-3-11-31-18/h3-6,11-12H,7-10,14H2,1-2H3,(H,24,28). The van der Waals surface area contributed by atoms with Crippen molar-refractivity contribution in [1.82, 2.24) is 9.88 Å². The number of nitrogens with zero attached hydrogens (tertiary/aromatic N) is 4. The quantitative estimate of drug-likeness (QED) is 0.595. The molecule has 0 atom stereocenters. The first-order valence-corrected chi connectivity index (χ1v) is 10.0. The van der Waals surface area contributed by atoms with E-state index in [1.807, 2.05) is 9.80 Å². The normalized spacial score (nSPS) is 14.1. The van der Waals surface area contributed by atoms with Crippen molar-refractivity contribution in [2.24, 2.45) is 0 Å². The van der Waals surface area contributed by atoms with E-state index in [-0.39, 0.29) is 24.0 Å². The third-order valence-corrected chi connectivity index (χ3v) is 5.14. The molecule has 32 heavy (non-hydrogen) atoms. The lowest BCUT2D eigenvalue weighted by Gasteiger charge is -2.34. The van der Waals surface area contributed by atoms with E-state index in [1.54, 1.807) is 44.6 Å². The summed E-state index contributed by atoms with van der Waals surface area (Å²) in [5.41, 5.74) is 0.855. The maximum Gasteiger partial charge on any atom is 0.266 e. The van der Waals surface area contributed by atoms with E-state index in [2.05, 4.69) is 16.4 Å². The zero-order valence-electron chi connectivity index (χ0n) is 17.8. The van der Waals surface area contributed by atoms with Gasteiger partial charge in [0.2, 0.25) is 17.5 Å². The monoisotopic (exact) mass is 437 g/mol. The minimum absolute atomic E-state index is 0.122. The third kappa shape index (κ3) is 4.53. The number of aromatic nitrogens is 1. The second-order valence-corrected chi connectivity index (χ2v) is 7.14. The summed E-state index contributed by atoms with van der Waals surface area (Å²) in [7, 11) is 3.11. The highest BCUT2D eigenvalue weighted by Gasteiger charge is 2.26. The highest BCUT2D eigenvalue weighted by Crippen LogP contribution is 2.30. The largest absolute Gasteiger partial charge is 0.493 e. The summed E-state index contributed by atoms with van der Waals surface area (Å²) in [5, 5.41) is 12.3. The fraction of sp³-hybridized carbons (Fsp3) is 0.318. The number of piperazine rings is 1. The Hall–Kier alpha value is -3.97. The van der Waals surface area contributed by atoms with Gasteiger partial charge in [0, 0.05) is 37.9 Å². The van der Waals surface area contributed by atoms with Crippen molar-refractivity contribution in [3.8, 4) is 29.2 Å². The molecule has 10 nitrogen and oxygen atoms in total. The molecule has 0 spiro atoms. The molecule has 1 amide bonds. The molecule has 0 saturated carbocycles. The van der Waals surface area contributed by atoms with Gasteiger partial charge in [0.05, 0.1) is 27.0 Å². The number of hydrogen-bond acceptors (Lipinski definition) is 9. The first kappa shape index (κ1) is 21.3. The number of methoxy groups -OCH3 is 2. The molecular formula is C22H23N5O5. The van der Waals surface area contributed by atoms with Gasteiger partial charge in [-0.1, -0.05) is 0 Å². The summed E-state index contributed by atoms with van der Waals surface area (Å²) >= 11 is 0. The van der Waals surface area contributed by atoms with Gasteiger partial charge < -0.3 is 28.5 Å². The number of ether oxygens (including phenoxy) is 2. The van der Waals surface area contributed by atoms with Gasteiger partial charge in [-0.05, 0) is 24.3 Å². The van der Waals surface area contributed by atoms with Crippen molar-refractivity contribution in [1.29, 1.82) is 5.26 Å². The average Bonchev–Trinajstić information content (AvgIpc) is 3.49. The van der Waals surface area contributed by atoms with E-state index in [0.717, 1.165) is 0 Å². The summed E-state index contributed by atoms with van der Waals surface area (Å²) in [6, 6.07) is 10.8. The van der Waals surface area contributed by atoms with E-state index in [1.165, 1.54) is 6.26 Å². The lowest BCUT2D eigenvalue weighted by molar-refractivity contribution is -0.117. The molecule has 0 aliphatic carbocycles. The number of carbonyl (C=O) groups excluding carboxylic acids is 1. The Balaban J connectivity index is 1.33. The number of carbonyl (C=O) groups is 1. The van der Waals surface area contributed by atoms with Gasteiger partial charge in [0.1, 0.15) is 6.07 Å². The van der Waals surface area contributed by atoms with Gasteiger partial charge in [-0.3, -0.25) is 9.69 Å². The van der Waals surface area contributed by atoms with Crippen molar-refractivity contribution >= 4 is 17.5 Å². The van der Waals surface area contributed by atoms with Crippen LogP contribution in [0.25, 0.3) is 11.7 Å². The highest BCUT2D eigenvalue weighted by molar-refractivity contribution is 5.92. The molecule has 166 valence electrons. The summed E-state index contributed by atoms with van der Waals surface area (Å²) in [5.74, 6) is 2.20. The van der Waals surface area contributed by atoms with Gasteiger partial charge in [-0.2, -0.15) is 10.2 Å². The number of rotatable bonds is 7. The smallest absolute Gasteiger partial charge is 0.266 e. The van der Waals surface area contributed by atoms with Gasteiger partial charge in [0.25, 0.3) is 5.89 Å². The lowest BCUT2D eigenvalue weighted by atomic mass is 10.2. The van der Waals surface area contributed by atoms with Crippen LogP contribution in [0.3, 0.4) is 0 Å². The van der Waals surface area contributed by atoms with Crippen LogP contribution in [0.4, 0.5) is 11.6 Å². The molecule has 1 fully saturated rings. The Morgan fingerprint density at radius 2 is 1.97 bits per heavy atom. The Kier molecular flexibility index (Phi) is 6.28. The van der Waals surface area contributed by atoms with Crippen LogP contribution >= 0.6 is 0 Å². The molecule has 1 saturated heterocycles. The van der Waals surface area contributed by atoms with Crippen molar-refractivity contribution in [2.75, 3.05) is 57.2 Å². The lowest BCUT2D eigenvalue weighted by Crippen LogP contribution is -2.48. The SMILES string of the molecule is COc1ccc(NC(=O)CN2CCN(c3oc(-c4ccco4)nc3C#N)CC2)cc1OC. The fourth-order valence-corrected chi connectivity index (χ4v) is 3.53. The van der Waals surface area contributed by atoms with Gasteiger partial charge >= 0.3 is 0 Å². The zero-order valence-corrected chi connectivity index (χ0v) is 17.8. The number of nitrogens with one attached hydrogen (secondary N) is 1. The number of anilines is 2. The fourth-order valence-electron chi connectivity index (χ4n) is 3.53. The summed E-state index contributed by atoms with van der Waals surface area (Å²) in [4.78, 5) is 20.7. The first-order chi connectivity index (χ1) is 15.6. The number of oxazole rings is 1. The molecule has 3 heterocycles. The van der Waals surface area contributed by atoms with Crippen LogP contribution in [0.15, 0.2) is 45.4 Å². The Morgan fingerprint density at radius 3 is 2.62 bits per heavy atom. The second kappa shape index (κ2) is 9.45. The topological polar surface area (TPSA) is 117 Å². The third-order valence-electron chi connectivity index (χ3n) is 5.14. The molecule has 0 unspecified atom stereocenters. The summed E-state index contributed by atoms with van der Waals surface area (Å²) < 4.78 is 21.6. The number of hydrogen-bond donors (Lipinski definition) is 1. The maximum absolute atomic E-state index is 12.5. The van der Waals surface area contributed by atoms with Crippen LogP contribution in [0.1, 0.15) is 5.69 Å². The van der Waals surface area contributed by atoms with E-state index >= 15 is 0 Å². The number of amides is 1. The maximum atomic E-state index is 12.5. The van der Waals surface area contributed by atoms with E-state index in [9.17, 15) is 10.1 Å². The average molecular weight is 437 g/mol. The number of benzene rings is 1. The van der Waals surface area contributed by atoms with Crippen molar-refractivity contribution in [2.45, 2.75) is 0 Å². The minimum atomic E-state index is -0.122. The molecule has 1 aromatic carbocycles. The first-order valence-electron chi connectivity index (χ1n) is 10.0. The minimum Gasteiger partial charge on any atom is -0.493 e. The van der Waals surface area contributed by atoms with Crippen LogP contribution in [0.5, 0.6) is 11.5 Å². The molecule has 10 heteroatoms. The molecule has 4 rings (SSSR count). The number of furan rings is 1. The van der Waals surface area contributed by atoms with E-state index in [0.29, 0.717) is 55.0 Å². The van der Waals surface area contributed by atoms with Crippen molar-refractivity contribution in [3.05, 3.63) is 42.3 Å². The van der Waals surface area contributed by atoms with Gasteiger partial charge in [0.15, 0.2) is 17.3 Å². The molecule has 2 aromatic heterocycles. The van der Waals surface area contributed by atoms with Crippen LogP contribution in [0, 0.1) is 11.3 Å². The molecule has 3 aromatic rings. The van der Waals surface area contributed by atoms with Crippen LogP contribution in [0.2, 0.25) is 0 Å². The Morgan fingerprint density at radius 1 is 1.19 bits per heavy atom. The molecule has 1 aliphatic heterocycles. The van der Waals surface area contributed by atoms with E-state index in [4.69, 9.17) is 18.3 Å². The predicted molar refractivity (Wildman–Crippen MR) is 116 cm³/mol. The molecular weight excluding hydrogens is 414 g/mol. The molecule has 1 aliphatic rings. The number of nitriles is 1. The van der Waals surface area contributed by atoms with Gasteiger partial charge in [-0.15, -0.1) is 0 Å². The Labute approximate surface area is 184 Å². The van der Waals surface area contributed by atoms with Crippen molar-refractivity contribution in [3.63, 3.8) is 0 Å². The van der Waals surface area contributed by atoms with Crippen molar-refractivity contribution < 1.29 is 23.1 Å². The summed E-state index contributed by atoms with van der Waals surface area (Å²) in [6.45, 7) is 2.74. The van der Waals surface area contributed by atoms with Crippen LogP contribution in [-0.2, 0) is 4.79 Å². The zero-order chi connectivity index (χ0) is 22.5. The predicted octanol–water partition coefficient (Wildman–Crippen LogP) is 2.58. The Bertz CT molecular complexity index is 1110. The van der Waals surface area contributed by atoms with Gasteiger partial charge in [-0.25, -0.2) is 0 Å². The molecule has 0 bridgehead atoms. The van der Waals surface area contributed by atoms with Crippen LogP contribution in [-0.4, -0.2) is 62.7 Å².